The van der Waals surface area contributed by atoms with Crippen LogP contribution in [0.5, 0.6) is 0 Å². The molecule has 5 heteroatoms. The van der Waals surface area contributed by atoms with Gasteiger partial charge in [0.15, 0.2) is 5.96 Å². The Balaban J connectivity index is 1.95. The smallest absolute Gasteiger partial charge is 0.191 e. The number of hydrogen-bond donors (Lipinski definition) is 2. The van der Waals surface area contributed by atoms with Crippen molar-refractivity contribution in [1.29, 1.82) is 0 Å². The summed E-state index contributed by atoms with van der Waals surface area (Å²) in [4.78, 5) is 4.29. The van der Waals surface area contributed by atoms with Crippen LogP contribution in [0, 0.1) is 5.41 Å². The zero-order chi connectivity index (χ0) is 14.8. The zero-order valence-corrected chi connectivity index (χ0v) is 13.2. The Bertz CT molecular complexity index is 469. The van der Waals surface area contributed by atoms with Crippen LogP contribution in [-0.4, -0.2) is 24.2 Å². The predicted molar refractivity (Wildman–Crippen MR) is 80.8 cm³/mol. The largest absolute Gasteiger partial charge is 0.361 e. The summed E-state index contributed by atoms with van der Waals surface area (Å²) < 4.78 is 5.38. The van der Waals surface area contributed by atoms with E-state index < -0.39 is 0 Å². The van der Waals surface area contributed by atoms with E-state index >= 15 is 0 Å². The Labute approximate surface area is 121 Å². The summed E-state index contributed by atoms with van der Waals surface area (Å²) in [5.74, 6) is 1.82. The Kier molecular flexibility index (Phi) is 4.35. The highest BCUT2D eigenvalue weighted by Gasteiger charge is 2.46. The summed E-state index contributed by atoms with van der Waals surface area (Å²) in [6, 6.07) is 0.521. The summed E-state index contributed by atoms with van der Waals surface area (Å²) in [6.07, 6.45) is 2.95. The maximum Gasteiger partial charge on any atom is 0.191 e. The van der Waals surface area contributed by atoms with Crippen LogP contribution in [0.15, 0.2) is 9.52 Å². The molecule has 1 aliphatic carbocycles. The minimum Gasteiger partial charge on any atom is -0.361 e. The fraction of sp³-hybridized carbons (Fsp3) is 0.733. The second-order valence-corrected chi connectivity index (χ2v) is 6.05. The Hall–Kier alpha value is -1.52. The van der Waals surface area contributed by atoms with Crippen LogP contribution < -0.4 is 10.6 Å². The molecule has 0 saturated heterocycles. The van der Waals surface area contributed by atoms with Crippen LogP contribution in [0.2, 0.25) is 0 Å². The molecule has 0 radical (unpaired) electrons. The molecule has 1 heterocycles. The quantitative estimate of drug-likeness (QED) is 0.640. The standard InChI is InChI=1S/C15H26N4O/c1-6-11-10(12(7-2)20-19-11)9-17-14(16-5)18-13-8-15(13,3)4/h13H,6-9H2,1-5H3,(H2,16,17,18). The van der Waals surface area contributed by atoms with E-state index in [1.165, 1.54) is 12.0 Å². The molecule has 0 amide bonds. The van der Waals surface area contributed by atoms with Crippen molar-refractivity contribution in [3.05, 3.63) is 17.0 Å². The third-order valence-electron chi connectivity index (χ3n) is 4.09. The molecule has 1 aromatic rings. The molecule has 1 aliphatic rings. The minimum absolute atomic E-state index is 0.387. The van der Waals surface area contributed by atoms with Gasteiger partial charge < -0.3 is 15.2 Å². The third-order valence-corrected chi connectivity index (χ3v) is 4.09. The molecule has 0 aromatic carbocycles. The fourth-order valence-electron chi connectivity index (χ4n) is 2.38. The molecular formula is C15H26N4O. The van der Waals surface area contributed by atoms with Crippen molar-refractivity contribution in [3.63, 3.8) is 0 Å². The van der Waals surface area contributed by atoms with Crippen LogP contribution >= 0.6 is 0 Å². The predicted octanol–water partition coefficient (Wildman–Crippen LogP) is 2.26. The minimum atomic E-state index is 0.387. The number of nitrogens with one attached hydrogen (secondary N) is 2. The molecule has 20 heavy (non-hydrogen) atoms. The first-order chi connectivity index (χ1) is 9.51. The Morgan fingerprint density at radius 1 is 1.40 bits per heavy atom. The van der Waals surface area contributed by atoms with E-state index in [-0.39, 0.29) is 0 Å². The van der Waals surface area contributed by atoms with Gasteiger partial charge in [-0.1, -0.05) is 32.9 Å². The molecule has 1 atom stereocenters. The maximum atomic E-state index is 5.38. The van der Waals surface area contributed by atoms with Crippen LogP contribution in [-0.2, 0) is 19.4 Å². The second-order valence-electron chi connectivity index (χ2n) is 6.05. The van der Waals surface area contributed by atoms with E-state index in [0.717, 1.165) is 30.3 Å². The first-order valence-corrected chi connectivity index (χ1v) is 7.45. The SMILES string of the molecule is CCc1noc(CC)c1CNC(=NC)NC1CC1(C)C. The van der Waals surface area contributed by atoms with E-state index in [1.807, 2.05) is 0 Å². The molecule has 2 rings (SSSR count). The van der Waals surface area contributed by atoms with E-state index in [1.54, 1.807) is 7.05 Å². The van der Waals surface area contributed by atoms with E-state index in [0.29, 0.717) is 18.0 Å². The lowest BCUT2D eigenvalue weighted by Gasteiger charge is -2.13. The molecule has 2 N–H and O–H groups in total. The summed E-state index contributed by atoms with van der Waals surface area (Å²) in [5.41, 5.74) is 2.60. The topological polar surface area (TPSA) is 62.5 Å². The molecule has 0 spiro atoms. The van der Waals surface area contributed by atoms with Crippen LogP contribution in [0.3, 0.4) is 0 Å². The van der Waals surface area contributed by atoms with Crippen molar-refractivity contribution < 1.29 is 4.52 Å². The number of hydrogen-bond acceptors (Lipinski definition) is 3. The molecule has 1 fully saturated rings. The summed E-state index contributed by atoms with van der Waals surface area (Å²) in [6.45, 7) is 9.43. The Morgan fingerprint density at radius 2 is 2.10 bits per heavy atom. The van der Waals surface area contributed by atoms with Crippen molar-refractivity contribution in [1.82, 2.24) is 15.8 Å². The van der Waals surface area contributed by atoms with Gasteiger partial charge in [-0.25, -0.2) is 0 Å². The third kappa shape index (κ3) is 3.14. The van der Waals surface area contributed by atoms with Gasteiger partial charge in [0.1, 0.15) is 5.76 Å². The van der Waals surface area contributed by atoms with Crippen molar-refractivity contribution >= 4 is 5.96 Å². The molecule has 0 aliphatic heterocycles. The van der Waals surface area contributed by atoms with Gasteiger partial charge >= 0.3 is 0 Å². The lowest BCUT2D eigenvalue weighted by Crippen LogP contribution is -2.39. The zero-order valence-electron chi connectivity index (χ0n) is 13.2. The van der Waals surface area contributed by atoms with E-state index in [9.17, 15) is 0 Å². The molecule has 5 nitrogen and oxygen atoms in total. The highest BCUT2D eigenvalue weighted by Crippen LogP contribution is 2.44. The van der Waals surface area contributed by atoms with Gasteiger partial charge in [0, 0.05) is 31.6 Å². The average molecular weight is 278 g/mol. The van der Waals surface area contributed by atoms with Crippen molar-refractivity contribution in [2.45, 2.75) is 59.5 Å². The second kappa shape index (κ2) is 5.85. The van der Waals surface area contributed by atoms with Gasteiger partial charge in [-0.05, 0) is 18.3 Å². The monoisotopic (exact) mass is 278 g/mol. The first kappa shape index (κ1) is 14.9. The van der Waals surface area contributed by atoms with Crippen LogP contribution in [0.4, 0.5) is 0 Å². The Morgan fingerprint density at radius 3 is 2.60 bits per heavy atom. The van der Waals surface area contributed by atoms with Crippen LogP contribution in [0.1, 0.15) is 51.1 Å². The van der Waals surface area contributed by atoms with Gasteiger partial charge in [-0.15, -0.1) is 0 Å². The summed E-state index contributed by atoms with van der Waals surface area (Å²) in [5, 5.41) is 11.0. The summed E-state index contributed by atoms with van der Waals surface area (Å²) >= 11 is 0. The highest BCUT2D eigenvalue weighted by molar-refractivity contribution is 5.80. The molecule has 0 bridgehead atoms. The fourth-order valence-corrected chi connectivity index (χ4v) is 2.38. The van der Waals surface area contributed by atoms with E-state index in [4.69, 9.17) is 4.52 Å². The summed E-state index contributed by atoms with van der Waals surface area (Å²) in [7, 11) is 1.81. The van der Waals surface area contributed by atoms with Crippen molar-refractivity contribution in [2.75, 3.05) is 7.05 Å². The lowest BCUT2D eigenvalue weighted by molar-refractivity contribution is 0.380. The average Bonchev–Trinajstić information content (AvgIpc) is 2.87. The van der Waals surface area contributed by atoms with Gasteiger partial charge in [0.25, 0.3) is 0 Å². The lowest BCUT2D eigenvalue weighted by atomic mass is 10.1. The van der Waals surface area contributed by atoms with E-state index in [2.05, 4.69) is 48.5 Å². The van der Waals surface area contributed by atoms with Gasteiger partial charge in [0.05, 0.1) is 5.69 Å². The maximum absolute atomic E-state index is 5.38. The number of nitrogens with zero attached hydrogens (tertiary/aromatic N) is 2. The van der Waals surface area contributed by atoms with Gasteiger partial charge in [0.2, 0.25) is 0 Å². The molecule has 1 saturated carbocycles. The number of guanidine groups is 1. The van der Waals surface area contributed by atoms with Gasteiger partial charge in [-0.2, -0.15) is 0 Å². The molecule has 112 valence electrons. The number of aliphatic imine (C=N–C) groups is 1. The highest BCUT2D eigenvalue weighted by atomic mass is 16.5. The number of rotatable bonds is 5. The molecule has 1 aromatic heterocycles. The molecular weight excluding hydrogens is 252 g/mol. The van der Waals surface area contributed by atoms with Crippen molar-refractivity contribution in [3.8, 4) is 0 Å². The first-order valence-electron chi connectivity index (χ1n) is 7.45. The van der Waals surface area contributed by atoms with Gasteiger partial charge in [-0.3, -0.25) is 4.99 Å². The molecule has 1 unspecified atom stereocenters. The number of aryl methyl sites for hydroxylation is 2. The normalized spacial score (nSPS) is 20.9. The van der Waals surface area contributed by atoms with Crippen molar-refractivity contribution in [2.24, 2.45) is 10.4 Å². The van der Waals surface area contributed by atoms with Crippen LogP contribution in [0.25, 0.3) is 0 Å². The number of aromatic nitrogens is 1.